The van der Waals surface area contributed by atoms with Crippen molar-refractivity contribution in [3.8, 4) is 0 Å². The highest BCUT2D eigenvalue weighted by Crippen LogP contribution is 2.10. The van der Waals surface area contributed by atoms with Crippen LogP contribution in [0.3, 0.4) is 0 Å². The normalized spacial score (nSPS) is 11.7. The van der Waals surface area contributed by atoms with E-state index in [1.807, 2.05) is 12.1 Å². The zero-order chi connectivity index (χ0) is 14.3. The molecule has 0 saturated carbocycles. The fraction of sp³-hybridized carbons (Fsp3) is 0.647. The summed E-state index contributed by atoms with van der Waals surface area (Å²) in [5, 5.41) is 0. The average Bonchev–Trinajstić information content (AvgIpc) is 2.30. The van der Waals surface area contributed by atoms with Gasteiger partial charge in [0, 0.05) is 18.8 Å². The van der Waals surface area contributed by atoms with Crippen LogP contribution < -0.4 is 5.73 Å². The number of hydrogen-bond donors (Lipinski definition) is 1. The summed E-state index contributed by atoms with van der Waals surface area (Å²) in [5.41, 5.74) is 7.95. The van der Waals surface area contributed by atoms with Crippen molar-refractivity contribution in [1.82, 2.24) is 4.90 Å². The third-order valence-electron chi connectivity index (χ3n) is 3.17. The van der Waals surface area contributed by atoms with Crippen molar-refractivity contribution in [2.75, 3.05) is 25.4 Å². The second-order valence-corrected chi connectivity index (χ2v) is 6.39. The Hall–Kier alpha value is -1.02. The zero-order valence-electron chi connectivity index (χ0n) is 13.0. The number of nitrogens with two attached hydrogens (primary N) is 1. The summed E-state index contributed by atoms with van der Waals surface area (Å²) >= 11 is 0. The maximum absolute atomic E-state index is 5.70. The van der Waals surface area contributed by atoms with Crippen LogP contribution in [-0.4, -0.2) is 24.5 Å². The van der Waals surface area contributed by atoms with Gasteiger partial charge < -0.3 is 10.6 Å². The fourth-order valence-corrected chi connectivity index (χ4v) is 2.48. The van der Waals surface area contributed by atoms with Crippen LogP contribution in [0.2, 0.25) is 0 Å². The van der Waals surface area contributed by atoms with Crippen LogP contribution in [0.15, 0.2) is 24.3 Å². The van der Waals surface area contributed by atoms with Gasteiger partial charge in [0.15, 0.2) is 0 Å². The van der Waals surface area contributed by atoms with Crippen molar-refractivity contribution in [3.63, 3.8) is 0 Å². The van der Waals surface area contributed by atoms with Gasteiger partial charge in [-0.05, 0) is 48.9 Å². The maximum Gasteiger partial charge on any atom is 0.0314 e. The predicted molar refractivity (Wildman–Crippen MR) is 85.3 cm³/mol. The Balaban J connectivity index is 2.36. The van der Waals surface area contributed by atoms with Gasteiger partial charge in [-0.25, -0.2) is 0 Å². The quantitative estimate of drug-likeness (QED) is 0.722. The van der Waals surface area contributed by atoms with E-state index in [1.54, 1.807) is 0 Å². The van der Waals surface area contributed by atoms with Crippen molar-refractivity contribution in [3.05, 3.63) is 29.8 Å². The molecule has 0 saturated heterocycles. The molecule has 0 unspecified atom stereocenters. The fourth-order valence-electron chi connectivity index (χ4n) is 2.48. The molecule has 0 radical (unpaired) electrons. The summed E-state index contributed by atoms with van der Waals surface area (Å²) in [6, 6.07) is 8.28. The number of nitrogens with zero attached hydrogens (tertiary/aromatic N) is 1. The van der Waals surface area contributed by atoms with Crippen molar-refractivity contribution in [2.45, 2.75) is 40.5 Å². The van der Waals surface area contributed by atoms with E-state index in [9.17, 15) is 0 Å². The summed E-state index contributed by atoms with van der Waals surface area (Å²) in [4.78, 5) is 2.60. The first-order valence-corrected chi connectivity index (χ1v) is 7.54. The minimum absolute atomic E-state index is 0.746. The lowest BCUT2D eigenvalue weighted by atomic mass is 10.1. The highest BCUT2D eigenvalue weighted by atomic mass is 15.1. The predicted octanol–water partition coefficient (Wildman–Crippen LogP) is 3.82. The Morgan fingerprint density at radius 2 is 1.47 bits per heavy atom. The topological polar surface area (TPSA) is 29.3 Å². The van der Waals surface area contributed by atoms with E-state index in [2.05, 4.69) is 44.7 Å². The van der Waals surface area contributed by atoms with Crippen molar-refractivity contribution in [2.24, 2.45) is 11.8 Å². The smallest absolute Gasteiger partial charge is 0.0314 e. The summed E-state index contributed by atoms with van der Waals surface area (Å²) in [6.45, 7) is 12.8. The molecule has 2 heteroatoms. The van der Waals surface area contributed by atoms with Crippen LogP contribution in [0.1, 0.15) is 39.7 Å². The van der Waals surface area contributed by atoms with E-state index < -0.39 is 0 Å². The molecule has 0 amide bonds. The van der Waals surface area contributed by atoms with Gasteiger partial charge in [-0.3, -0.25) is 0 Å². The molecule has 0 aliphatic rings. The van der Waals surface area contributed by atoms with Crippen molar-refractivity contribution < 1.29 is 0 Å². The molecule has 2 nitrogen and oxygen atoms in total. The molecule has 0 aliphatic carbocycles. The van der Waals surface area contributed by atoms with E-state index in [4.69, 9.17) is 5.73 Å². The molecule has 0 aliphatic heterocycles. The molecule has 0 atom stereocenters. The van der Waals surface area contributed by atoms with Crippen LogP contribution in [0.4, 0.5) is 5.69 Å². The van der Waals surface area contributed by atoms with E-state index in [1.165, 1.54) is 31.6 Å². The van der Waals surface area contributed by atoms with E-state index in [0.29, 0.717) is 0 Å². The lowest BCUT2D eigenvalue weighted by molar-refractivity contribution is 0.217. The van der Waals surface area contributed by atoms with Gasteiger partial charge in [0.05, 0.1) is 0 Å². The van der Waals surface area contributed by atoms with Gasteiger partial charge in [-0.15, -0.1) is 0 Å². The van der Waals surface area contributed by atoms with Gasteiger partial charge in [-0.1, -0.05) is 39.8 Å². The first-order valence-electron chi connectivity index (χ1n) is 7.54. The molecule has 2 N–H and O–H groups in total. The summed E-state index contributed by atoms with van der Waals surface area (Å²) in [7, 11) is 0. The number of benzene rings is 1. The van der Waals surface area contributed by atoms with Crippen LogP contribution in [0.5, 0.6) is 0 Å². The lowest BCUT2D eigenvalue weighted by Crippen LogP contribution is -2.32. The minimum Gasteiger partial charge on any atom is -0.399 e. The lowest BCUT2D eigenvalue weighted by Gasteiger charge is -2.26. The molecule has 0 heterocycles. The summed E-state index contributed by atoms with van der Waals surface area (Å²) in [6.07, 6.45) is 2.37. The van der Waals surface area contributed by atoms with Gasteiger partial charge in [0.25, 0.3) is 0 Å². The first kappa shape index (κ1) is 16.0. The minimum atomic E-state index is 0.746. The average molecular weight is 262 g/mol. The molecule has 0 bridgehead atoms. The number of rotatable bonds is 8. The Morgan fingerprint density at radius 3 is 1.95 bits per heavy atom. The molecule has 0 spiro atoms. The van der Waals surface area contributed by atoms with Gasteiger partial charge >= 0.3 is 0 Å². The zero-order valence-corrected chi connectivity index (χ0v) is 13.0. The van der Waals surface area contributed by atoms with Crippen molar-refractivity contribution in [1.29, 1.82) is 0 Å². The Labute approximate surface area is 119 Å². The Kier molecular flexibility index (Phi) is 6.93. The Bertz CT molecular complexity index is 331. The Morgan fingerprint density at radius 1 is 0.947 bits per heavy atom. The maximum atomic E-state index is 5.70. The number of aryl methyl sites for hydroxylation is 1. The largest absolute Gasteiger partial charge is 0.399 e. The highest BCUT2D eigenvalue weighted by molar-refractivity contribution is 5.39. The second-order valence-electron chi connectivity index (χ2n) is 6.39. The van der Waals surface area contributed by atoms with Crippen molar-refractivity contribution >= 4 is 5.69 Å². The molecule has 108 valence electrons. The van der Waals surface area contributed by atoms with Crippen LogP contribution in [0, 0.1) is 11.8 Å². The number of anilines is 1. The number of hydrogen-bond acceptors (Lipinski definition) is 2. The monoisotopic (exact) mass is 262 g/mol. The molecular formula is C17H30N2. The molecule has 1 aromatic carbocycles. The van der Waals surface area contributed by atoms with Crippen LogP contribution >= 0.6 is 0 Å². The van der Waals surface area contributed by atoms with E-state index >= 15 is 0 Å². The molecule has 19 heavy (non-hydrogen) atoms. The van der Waals surface area contributed by atoms with Crippen LogP contribution in [0.25, 0.3) is 0 Å². The van der Waals surface area contributed by atoms with Gasteiger partial charge in [0.2, 0.25) is 0 Å². The van der Waals surface area contributed by atoms with Crippen LogP contribution in [-0.2, 0) is 6.42 Å². The molecule has 0 fully saturated rings. The SMILES string of the molecule is CC(C)CN(CCCc1ccc(N)cc1)CC(C)C. The van der Waals surface area contributed by atoms with E-state index in [0.717, 1.165) is 23.9 Å². The summed E-state index contributed by atoms with van der Waals surface area (Å²) in [5.74, 6) is 1.49. The first-order chi connectivity index (χ1) is 8.97. The molecular weight excluding hydrogens is 232 g/mol. The highest BCUT2D eigenvalue weighted by Gasteiger charge is 2.09. The van der Waals surface area contributed by atoms with E-state index in [-0.39, 0.29) is 0 Å². The van der Waals surface area contributed by atoms with Gasteiger partial charge in [0.1, 0.15) is 0 Å². The molecule has 0 aromatic heterocycles. The second kappa shape index (κ2) is 8.21. The molecule has 1 rings (SSSR count). The third-order valence-corrected chi connectivity index (χ3v) is 3.17. The molecule has 1 aromatic rings. The van der Waals surface area contributed by atoms with Gasteiger partial charge in [-0.2, -0.15) is 0 Å². The third kappa shape index (κ3) is 7.22. The summed E-state index contributed by atoms with van der Waals surface area (Å²) < 4.78 is 0. The number of nitrogen functional groups attached to an aromatic ring is 1. The standard InChI is InChI=1S/C17H30N2/c1-14(2)12-19(13-15(3)4)11-5-6-16-7-9-17(18)10-8-16/h7-10,14-15H,5-6,11-13,18H2,1-4H3.